The number of allylic oxidation sites excluding steroid dienone is 2. The van der Waals surface area contributed by atoms with E-state index in [0.717, 1.165) is 31.4 Å². The first-order chi connectivity index (χ1) is 18.4. The molecule has 8 nitrogen and oxygen atoms in total. The van der Waals surface area contributed by atoms with E-state index >= 15 is 0 Å². The highest BCUT2D eigenvalue weighted by molar-refractivity contribution is 6.04. The first-order valence-corrected chi connectivity index (χ1v) is 14.4. The van der Waals surface area contributed by atoms with Crippen LogP contribution in [0.2, 0.25) is 0 Å². The highest BCUT2D eigenvalue weighted by Crippen LogP contribution is 2.45. The number of ether oxygens (including phenoxy) is 1. The number of hydrogen-bond donors (Lipinski definition) is 5. The second-order valence-electron chi connectivity index (χ2n) is 12.1. The number of nitrogens with zero attached hydrogens (tertiary/aromatic N) is 1. The third-order valence-electron chi connectivity index (χ3n) is 8.08. The number of aliphatic hydroxyl groups is 2. The SMILES string of the molecule is CCCCCCCCCCC1C=C2OC(c3cc(O)c(O)c(O)c3)C(O)C(=O)C2=C(C(O)N(C)C(C)(C)C)C1. The van der Waals surface area contributed by atoms with E-state index in [1.807, 2.05) is 26.8 Å². The number of phenolic OH excluding ortho intramolecular Hbond substituents is 3. The molecule has 0 aromatic heterocycles. The Bertz CT molecular complexity index is 1050. The van der Waals surface area contributed by atoms with E-state index < -0.39 is 41.5 Å². The second kappa shape index (κ2) is 13.2. The van der Waals surface area contributed by atoms with Crippen molar-refractivity contribution >= 4 is 5.78 Å². The predicted molar refractivity (Wildman–Crippen MR) is 150 cm³/mol. The summed E-state index contributed by atoms with van der Waals surface area (Å²) in [5, 5.41) is 52.1. The monoisotopic (exact) mass is 545 g/mol. The van der Waals surface area contributed by atoms with Gasteiger partial charge in [0, 0.05) is 11.1 Å². The first-order valence-electron chi connectivity index (χ1n) is 14.4. The number of phenols is 3. The van der Waals surface area contributed by atoms with Gasteiger partial charge in [0.05, 0.1) is 5.57 Å². The van der Waals surface area contributed by atoms with Gasteiger partial charge in [0.2, 0.25) is 0 Å². The molecule has 0 saturated carbocycles. The Hall–Kier alpha value is -2.55. The van der Waals surface area contributed by atoms with Crippen LogP contribution in [0.15, 0.2) is 35.1 Å². The average Bonchev–Trinajstić information content (AvgIpc) is 2.88. The molecule has 218 valence electrons. The molecule has 2 aliphatic rings. The molecule has 5 N–H and O–H groups in total. The van der Waals surface area contributed by atoms with Gasteiger partial charge in [-0.15, -0.1) is 0 Å². The van der Waals surface area contributed by atoms with Crippen LogP contribution < -0.4 is 0 Å². The molecule has 4 atom stereocenters. The standard InChI is InChI=1S/C31H47NO7/c1-6-7-8-9-10-11-12-13-14-19-15-21(30(38)32(5)31(2,3)4)25-24(16-19)39-29(28(37)27(25)36)20-17-22(33)26(35)23(34)18-20/h16-19,28-30,33-35,37-38H,6-15H2,1-5H3. The van der Waals surface area contributed by atoms with Crippen molar-refractivity contribution in [2.45, 2.75) is 116 Å². The first kappa shape index (κ1) is 31.0. The van der Waals surface area contributed by atoms with Crippen molar-refractivity contribution in [1.29, 1.82) is 0 Å². The van der Waals surface area contributed by atoms with Crippen LogP contribution >= 0.6 is 0 Å². The van der Waals surface area contributed by atoms with Crippen molar-refractivity contribution in [2.24, 2.45) is 5.92 Å². The minimum Gasteiger partial charge on any atom is -0.504 e. The maximum absolute atomic E-state index is 13.5. The molecule has 3 rings (SSSR count). The van der Waals surface area contributed by atoms with Gasteiger partial charge >= 0.3 is 0 Å². The number of aliphatic hydroxyl groups excluding tert-OH is 2. The Morgan fingerprint density at radius 3 is 2.13 bits per heavy atom. The molecule has 0 bridgehead atoms. The zero-order valence-electron chi connectivity index (χ0n) is 24.1. The van der Waals surface area contributed by atoms with E-state index in [-0.39, 0.29) is 22.6 Å². The van der Waals surface area contributed by atoms with Crippen molar-refractivity contribution in [2.75, 3.05) is 7.05 Å². The number of hydrogen-bond acceptors (Lipinski definition) is 8. The summed E-state index contributed by atoms with van der Waals surface area (Å²) in [6, 6.07) is 2.32. The van der Waals surface area contributed by atoms with E-state index in [0.29, 0.717) is 17.8 Å². The second-order valence-corrected chi connectivity index (χ2v) is 12.1. The van der Waals surface area contributed by atoms with Crippen molar-refractivity contribution in [3.8, 4) is 17.2 Å². The summed E-state index contributed by atoms with van der Waals surface area (Å²) in [6.45, 7) is 8.15. The lowest BCUT2D eigenvalue weighted by atomic mass is 9.79. The van der Waals surface area contributed by atoms with Crippen LogP contribution in [0.5, 0.6) is 17.2 Å². The van der Waals surface area contributed by atoms with Gasteiger partial charge in [0.25, 0.3) is 0 Å². The number of unbranched alkanes of at least 4 members (excludes halogenated alkanes) is 7. The van der Waals surface area contributed by atoms with Crippen LogP contribution in [0.25, 0.3) is 0 Å². The minimum absolute atomic E-state index is 0.0483. The molecule has 1 heterocycles. The maximum Gasteiger partial charge on any atom is 0.200 e. The van der Waals surface area contributed by atoms with Crippen LogP contribution in [0, 0.1) is 5.92 Å². The largest absolute Gasteiger partial charge is 0.504 e. The number of carbonyl (C=O) groups excluding carboxylic acids is 1. The van der Waals surface area contributed by atoms with Crippen molar-refractivity contribution < 1.29 is 35.1 Å². The maximum atomic E-state index is 13.5. The molecule has 8 heteroatoms. The lowest BCUT2D eigenvalue weighted by Crippen LogP contribution is -2.48. The Labute approximate surface area is 232 Å². The van der Waals surface area contributed by atoms with Gasteiger partial charge in [0.15, 0.2) is 35.2 Å². The van der Waals surface area contributed by atoms with Crippen molar-refractivity contribution in [3.05, 3.63) is 40.7 Å². The van der Waals surface area contributed by atoms with E-state index in [1.165, 1.54) is 38.5 Å². The fourth-order valence-corrected chi connectivity index (χ4v) is 5.36. The lowest BCUT2D eigenvalue weighted by molar-refractivity contribution is -0.135. The summed E-state index contributed by atoms with van der Waals surface area (Å²) < 4.78 is 6.17. The molecule has 0 spiro atoms. The van der Waals surface area contributed by atoms with Gasteiger partial charge in [-0.1, -0.05) is 58.3 Å². The quantitative estimate of drug-likeness (QED) is 0.131. The van der Waals surface area contributed by atoms with Crippen LogP contribution in [0.3, 0.4) is 0 Å². The van der Waals surface area contributed by atoms with Gasteiger partial charge in [0.1, 0.15) is 12.0 Å². The molecule has 1 saturated heterocycles. The lowest BCUT2D eigenvalue weighted by Gasteiger charge is -2.41. The van der Waals surface area contributed by atoms with E-state index in [9.17, 15) is 30.3 Å². The summed E-state index contributed by atoms with van der Waals surface area (Å²) in [7, 11) is 1.80. The summed E-state index contributed by atoms with van der Waals surface area (Å²) >= 11 is 0. The molecule has 1 aliphatic carbocycles. The third kappa shape index (κ3) is 7.35. The Kier molecular flexibility index (Phi) is 10.5. The van der Waals surface area contributed by atoms with Crippen molar-refractivity contribution in [1.82, 2.24) is 4.90 Å². The molecule has 0 amide bonds. The molecular formula is C31H47NO7. The van der Waals surface area contributed by atoms with Gasteiger partial charge in [-0.05, 0) is 70.4 Å². The normalized spacial score (nSPS) is 22.5. The predicted octanol–water partition coefficient (Wildman–Crippen LogP) is 5.58. The number of ketones is 1. The topological polar surface area (TPSA) is 131 Å². The smallest absolute Gasteiger partial charge is 0.200 e. The molecule has 1 aromatic rings. The summed E-state index contributed by atoms with van der Waals surface area (Å²) in [5.74, 6) is -2.08. The third-order valence-corrected chi connectivity index (χ3v) is 8.08. The molecule has 0 radical (unpaired) electrons. The van der Waals surface area contributed by atoms with Gasteiger partial charge in [-0.25, -0.2) is 0 Å². The van der Waals surface area contributed by atoms with E-state index in [4.69, 9.17) is 4.74 Å². The van der Waals surface area contributed by atoms with Gasteiger partial charge < -0.3 is 30.3 Å². The molecule has 1 aliphatic heterocycles. The molecule has 4 unspecified atom stereocenters. The number of aromatic hydroxyl groups is 3. The molecule has 1 fully saturated rings. The number of Topliss-reactive ketones (excluding diaryl/α,β-unsaturated/α-hetero) is 1. The molecule has 39 heavy (non-hydrogen) atoms. The Morgan fingerprint density at radius 1 is 1.00 bits per heavy atom. The summed E-state index contributed by atoms with van der Waals surface area (Å²) in [6.07, 6.45) is 9.09. The zero-order chi connectivity index (χ0) is 28.9. The fraction of sp³-hybridized carbons (Fsp3) is 0.645. The number of rotatable bonds is 12. The zero-order valence-corrected chi connectivity index (χ0v) is 24.1. The highest BCUT2D eigenvalue weighted by Gasteiger charge is 2.44. The van der Waals surface area contributed by atoms with Crippen LogP contribution in [-0.2, 0) is 9.53 Å². The number of benzene rings is 1. The summed E-state index contributed by atoms with van der Waals surface area (Å²) in [5.41, 5.74) is 0.514. The van der Waals surface area contributed by atoms with Gasteiger partial charge in [-0.3, -0.25) is 9.69 Å². The fourth-order valence-electron chi connectivity index (χ4n) is 5.36. The van der Waals surface area contributed by atoms with Crippen molar-refractivity contribution in [3.63, 3.8) is 0 Å². The van der Waals surface area contributed by atoms with Crippen LogP contribution in [-0.4, -0.2) is 61.1 Å². The summed E-state index contributed by atoms with van der Waals surface area (Å²) in [4.78, 5) is 15.3. The minimum atomic E-state index is -1.62. The number of carbonyl (C=O) groups is 1. The number of fused-ring (bicyclic) bond motifs is 1. The Balaban J connectivity index is 1.86. The average molecular weight is 546 g/mol. The van der Waals surface area contributed by atoms with Gasteiger partial charge in [-0.2, -0.15) is 0 Å². The van der Waals surface area contributed by atoms with Crippen LogP contribution in [0.1, 0.15) is 104 Å². The molecular weight excluding hydrogens is 498 g/mol. The van der Waals surface area contributed by atoms with E-state index in [2.05, 4.69) is 6.92 Å². The number of likely N-dealkylation sites (N-methyl/N-ethyl adjacent to an activating group) is 1. The molecule has 1 aromatic carbocycles. The van der Waals surface area contributed by atoms with Crippen LogP contribution in [0.4, 0.5) is 0 Å². The van der Waals surface area contributed by atoms with E-state index in [1.54, 1.807) is 11.9 Å². The highest BCUT2D eigenvalue weighted by atomic mass is 16.5. The Morgan fingerprint density at radius 2 is 1.56 bits per heavy atom.